The number of pyridine rings is 1. The van der Waals surface area contributed by atoms with Crippen LogP contribution in [0.3, 0.4) is 0 Å². The van der Waals surface area contributed by atoms with Gasteiger partial charge in [-0.15, -0.1) is 11.3 Å². The molecule has 0 spiro atoms. The number of aromatic nitrogens is 2. The number of rotatable bonds is 2. The topological polar surface area (TPSA) is 47.0 Å². The number of morpholine rings is 1. The molecule has 1 aliphatic rings. The fraction of sp³-hybridized carbons (Fsp3) is 0.385. The standard InChI is InChI=1S/C13H15N3OS/c1-9-12(11-8-14-6-7-17-11)18-13(16-9)10-4-2-3-5-15-10/h2-5,11,14H,6-8H2,1H3. The maximum absolute atomic E-state index is 5.78. The summed E-state index contributed by atoms with van der Waals surface area (Å²) in [6.45, 7) is 4.60. The smallest absolute Gasteiger partial charge is 0.142 e. The number of hydrogen-bond acceptors (Lipinski definition) is 5. The monoisotopic (exact) mass is 261 g/mol. The summed E-state index contributed by atoms with van der Waals surface area (Å²) in [6, 6.07) is 5.89. The van der Waals surface area contributed by atoms with Crippen LogP contribution in [0.25, 0.3) is 10.7 Å². The van der Waals surface area contributed by atoms with E-state index in [4.69, 9.17) is 4.74 Å². The molecular formula is C13H15N3OS. The summed E-state index contributed by atoms with van der Waals surface area (Å²) in [5.41, 5.74) is 1.98. The normalized spacial score (nSPS) is 19.9. The van der Waals surface area contributed by atoms with E-state index in [1.54, 1.807) is 17.5 Å². The van der Waals surface area contributed by atoms with Gasteiger partial charge in [0, 0.05) is 19.3 Å². The first-order valence-corrected chi connectivity index (χ1v) is 6.87. The van der Waals surface area contributed by atoms with Crippen LogP contribution in [0.15, 0.2) is 24.4 Å². The summed E-state index contributed by atoms with van der Waals surface area (Å²) in [5.74, 6) is 0. The Morgan fingerprint density at radius 2 is 2.39 bits per heavy atom. The van der Waals surface area contributed by atoms with Gasteiger partial charge < -0.3 is 10.1 Å². The molecule has 0 amide bonds. The molecular weight excluding hydrogens is 246 g/mol. The quantitative estimate of drug-likeness (QED) is 0.900. The van der Waals surface area contributed by atoms with Crippen molar-refractivity contribution >= 4 is 11.3 Å². The van der Waals surface area contributed by atoms with Crippen LogP contribution < -0.4 is 5.32 Å². The Kier molecular flexibility index (Phi) is 3.36. The molecule has 0 aliphatic carbocycles. The van der Waals surface area contributed by atoms with Gasteiger partial charge in [0.2, 0.25) is 0 Å². The van der Waals surface area contributed by atoms with E-state index in [1.807, 2.05) is 25.1 Å². The Hall–Kier alpha value is -1.30. The third-order valence-corrected chi connectivity index (χ3v) is 4.21. The average molecular weight is 261 g/mol. The Morgan fingerprint density at radius 1 is 1.44 bits per heavy atom. The van der Waals surface area contributed by atoms with Gasteiger partial charge in [-0.25, -0.2) is 4.98 Å². The van der Waals surface area contributed by atoms with Gasteiger partial charge in [0.1, 0.15) is 11.1 Å². The Bertz CT molecular complexity index is 520. The molecule has 5 heteroatoms. The highest BCUT2D eigenvalue weighted by Gasteiger charge is 2.21. The summed E-state index contributed by atoms with van der Waals surface area (Å²) in [4.78, 5) is 10.2. The molecule has 0 radical (unpaired) electrons. The highest BCUT2D eigenvalue weighted by molar-refractivity contribution is 7.15. The van der Waals surface area contributed by atoms with Crippen molar-refractivity contribution in [3.05, 3.63) is 35.0 Å². The van der Waals surface area contributed by atoms with Gasteiger partial charge in [0.25, 0.3) is 0 Å². The van der Waals surface area contributed by atoms with E-state index in [9.17, 15) is 0 Å². The SMILES string of the molecule is Cc1nc(-c2ccccn2)sc1C1CNCCO1. The van der Waals surface area contributed by atoms with Crippen molar-refractivity contribution in [2.24, 2.45) is 0 Å². The van der Waals surface area contributed by atoms with E-state index < -0.39 is 0 Å². The average Bonchev–Trinajstić information content (AvgIpc) is 2.83. The first-order chi connectivity index (χ1) is 8.84. The number of nitrogens with zero attached hydrogens (tertiary/aromatic N) is 2. The van der Waals surface area contributed by atoms with Gasteiger partial charge in [-0.1, -0.05) is 6.07 Å². The van der Waals surface area contributed by atoms with E-state index in [2.05, 4.69) is 15.3 Å². The number of ether oxygens (including phenoxy) is 1. The summed E-state index contributed by atoms with van der Waals surface area (Å²) in [5, 5.41) is 4.32. The van der Waals surface area contributed by atoms with Gasteiger partial charge >= 0.3 is 0 Å². The minimum Gasteiger partial charge on any atom is -0.370 e. The van der Waals surface area contributed by atoms with E-state index in [-0.39, 0.29) is 6.10 Å². The molecule has 1 N–H and O–H groups in total. The van der Waals surface area contributed by atoms with Crippen LogP contribution in [0.4, 0.5) is 0 Å². The molecule has 3 heterocycles. The van der Waals surface area contributed by atoms with Crippen LogP contribution in [0, 0.1) is 6.92 Å². The lowest BCUT2D eigenvalue weighted by molar-refractivity contribution is 0.0295. The molecule has 0 saturated carbocycles. The van der Waals surface area contributed by atoms with Crippen molar-refractivity contribution in [1.29, 1.82) is 0 Å². The Morgan fingerprint density at radius 3 is 3.11 bits per heavy atom. The van der Waals surface area contributed by atoms with Crippen LogP contribution in [-0.2, 0) is 4.74 Å². The molecule has 0 bridgehead atoms. The van der Waals surface area contributed by atoms with Crippen LogP contribution in [-0.4, -0.2) is 29.7 Å². The molecule has 1 atom stereocenters. The first-order valence-electron chi connectivity index (χ1n) is 6.05. The molecule has 0 aromatic carbocycles. The summed E-state index contributed by atoms with van der Waals surface area (Å²) in [7, 11) is 0. The molecule has 94 valence electrons. The summed E-state index contributed by atoms with van der Waals surface area (Å²) < 4.78 is 5.78. The molecule has 1 fully saturated rings. The van der Waals surface area contributed by atoms with E-state index in [0.717, 1.165) is 36.1 Å². The minimum absolute atomic E-state index is 0.133. The molecule has 1 saturated heterocycles. The zero-order chi connectivity index (χ0) is 12.4. The predicted molar refractivity (Wildman–Crippen MR) is 71.6 cm³/mol. The third-order valence-electron chi connectivity index (χ3n) is 2.94. The second-order valence-corrected chi connectivity index (χ2v) is 5.28. The van der Waals surface area contributed by atoms with Crippen LogP contribution >= 0.6 is 11.3 Å². The number of nitrogens with one attached hydrogen (secondary N) is 1. The zero-order valence-electron chi connectivity index (χ0n) is 10.2. The van der Waals surface area contributed by atoms with Gasteiger partial charge in [0.15, 0.2) is 0 Å². The van der Waals surface area contributed by atoms with E-state index in [0.29, 0.717) is 0 Å². The molecule has 1 unspecified atom stereocenters. The molecule has 18 heavy (non-hydrogen) atoms. The second-order valence-electron chi connectivity index (χ2n) is 4.25. The lowest BCUT2D eigenvalue weighted by Crippen LogP contribution is -2.33. The zero-order valence-corrected chi connectivity index (χ0v) is 11.0. The van der Waals surface area contributed by atoms with Gasteiger partial charge in [-0.3, -0.25) is 4.98 Å². The minimum atomic E-state index is 0.133. The molecule has 3 rings (SSSR count). The van der Waals surface area contributed by atoms with E-state index >= 15 is 0 Å². The molecule has 2 aromatic heterocycles. The molecule has 2 aromatic rings. The number of aryl methyl sites for hydroxylation is 1. The first kappa shape index (κ1) is 11.8. The summed E-state index contributed by atoms with van der Waals surface area (Å²) >= 11 is 1.68. The van der Waals surface area contributed by atoms with Gasteiger partial charge in [-0.05, 0) is 19.1 Å². The highest BCUT2D eigenvalue weighted by Crippen LogP contribution is 2.32. The third kappa shape index (κ3) is 2.29. The Balaban J connectivity index is 1.91. The predicted octanol–water partition coefficient (Wildman–Crippen LogP) is 2.17. The fourth-order valence-corrected chi connectivity index (χ4v) is 3.13. The van der Waals surface area contributed by atoms with Crippen molar-refractivity contribution in [3.63, 3.8) is 0 Å². The van der Waals surface area contributed by atoms with Crippen LogP contribution in [0.5, 0.6) is 0 Å². The number of thiazole rings is 1. The lowest BCUT2D eigenvalue weighted by atomic mass is 10.2. The van der Waals surface area contributed by atoms with Crippen molar-refractivity contribution < 1.29 is 4.74 Å². The molecule has 1 aliphatic heterocycles. The van der Waals surface area contributed by atoms with Crippen molar-refractivity contribution in [1.82, 2.24) is 15.3 Å². The molecule has 4 nitrogen and oxygen atoms in total. The van der Waals surface area contributed by atoms with Crippen LogP contribution in [0.1, 0.15) is 16.7 Å². The lowest BCUT2D eigenvalue weighted by Gasteiger charge is -2.22. The van der Waals surface area contributed by atoms with E-state index in [1.165, 1.54) is 4.88 Å². The fourth-order valence-electron chi connectivity index (χ4n) is 2.04. The van der Waals surface area contributed by atoms with Gasteiger partial charge in [-0.2, -0.15) is 0 Å². The largest absolute Gasteiger partial charge is 0.370 e. The summed E-state index contributed by atoms with van der Waals surface area (Å²) in [6.07, 6.45) is 1.93. The maximum atomic E-state index is 5.78. The maximum Gasteiger partial charge on any atom is 0.142 e. The van der Waals surface area contributed by atoms with Crippen molar-refractivity contribution in [2.75, 3.05) is 19.7 Å². The number of hydrogen-bond donors (Lipinski definition) is 1. The highest BCUT2D eigenvalue weighted by atomic mass is 32.1. The van der Waals surface area contributed by atoms with Crippen LogP contribution in [0.2, 0.25) is 0 Å². The van der Waals surface area contributed by atoms with Crippen molar-refractivity contribution in [3.8, 4) is 10.7 Å². The van der Waals surface area contributed by atoms with Gasteiger partial charge in [0.05, 0.1) is 22.9 Å². The second kappa shape index (κ2) is 5.14. The van der Waals surface area contributed by atoms with Crippen molar-refractivity contribution in [2.45, 2.75) is 13.0 Å². The Labute approximate surface area is 110 Å².